The lowest BCUT2D eigenvalue weighted by Gasteiger charge is -2.47. The number of anilines is 1. The van der Waals surface area contributed by atoms with Crippen LogP contribution in [0.5, 0.6) is 5.75 Å². The zero-order valence-electron chi connectivity index (χ0n) is 32.1. The van der Waals surface area contributed by atoms with Gasteiger partial charge >= 0.3 is 0 Å². The van der Waals surface area contributed by atoms with Crippen LogP contribution in [0.2, 0.25) is 0 Å². The van der Waals surface area contributed by atoms with Crippen LogP contribution in [0.15, 0.2) is 41.4 Å². The highest BCUT2D eigenvalue weighted by atomic mass is 32.1. The number of nitrogens with one attached hydrogen (secondary N) is 3. The number of hydrogen-bond acceptors (Lipinski definition) is 8. The number of phenols is 1. The number of fused-ring (bicyclic) bond motifs is 4. The van der Waals surface area contributed by atoms with Crippen molar-refractivity contribution in [2.24, 2.45) is 45.2 Å². The third-order valence-electron chi connectivity index (χ3n) is 12.9. The second-order valence-corrected chi connectivity index (χ2v) is 18.6. The Hall–Kier alpha value is -3.80. The number of aliphatic hydroxyl groups is 1. The average Bonchev–Trinajstić information content (AvgIpc) is 3.95. The van der Waals surface area contributed by atoms with Crippen molar-refractivity contribution in [2.75, 3.05) is 32.5 Å². The first-order chi connectivity index (χ1) is 26.0. The number of carbonyl (C=O) groups excluding carboxylic acids is 1. The van der Waals surface area contributed by atoms with E-state index in [0.29, 0.717) is 36.5 Å². The molecule has 3 bridgehead atoms. The Morgan fingerprint density at radius 2 is 1.93 bits per heavy atom. The molecular formula is C44H55N5O3S2. The number of guanidine groups is 1. The Balaban J connectivity index is 1.30. The van der Waals surface area contributed by atoms with Gasteiger partial charge in [0, 0.05) is 47.8 Å². The van der Waals surface area contributed by atoms with Crippen LogP contribution in [-0.2, 0) is 6.42 Å². The molecule has 4 aliphatic rings. The van der Waals surface area contributed by atoms with Gasteiger partial charge in [-0.2, -0.15) is 0 Å². The number of thiophene rings is 2. The number of ketones is 1. The second kappa shape index (κ2) is 16.1. The second-order valence-electron chi connectivity index (χ2n) is 16.5. The maximum atomic E-state index is 15.0. The zero-order chi connectivity index (χ0) is 38.0. The predicted molar refractivity (Wildman–Crippen MR) is 222 cm³/mol. The maximum Gasteiger partial charge on any atom is 0.188 e. The molecule has 8 atom stereocenters. The van der Waals surface area contributed by atoms with Crippen LogP contribution >= 0.6 is 22.7 Å². The van der Waals surface area contributed by atoms with Gasteiger partial charge in [0.25, 0.3) is 0 Å². The van der Waals surface area contributed by atoms with E-state index in [-0.39, 0.29) is 34.5 Å². The molecule has 7 N–H and O–H groups in total. The average molecular weight is 766 g/mol. The fourth-order valence-corrected chi connectivity index (χ4v) is 12.7. The fourth-order valence-electron chi connectivity index (χ4n) is 10.7. The molecule has 54 heavy (non-hydrogen) atoms. The Bertz CT molecular complexity index is 2010. The highest BCUT2D eigenvalue weighted by Crippen LogP contribution is 2.68. The van der Waals surface area contributed by atoms with Crippen molar-refractivity contribution in [2.45, 2.75) is 90.2 Å². The Morgan fingerprint density at radius 3 is 2.70 bits per heavy atom. The first kappa shape index (κ1) is 38.5. The van der Waals surface area contributed by atoms with E-state index in [1.54, 1.807) is 42.7 Å². The SMILES string of the molecule is CC#Cc1ccc(-c2ccc(C(=O)C3CCC4CC35CC(CC#Cc3c(cc(O)cc3NCC(C)O)CC4NC(N)=NC)C3(CCC(CNC)C3)C5)s2)s1. The van der Waals surface area contributed by atoms with Crippen molar-refractivity contribution in [1.82, 2.24) is 10.6 Å². The summed E-state index contributed by atoms with van der Waals surface area (Å²) in [5.74, 6) is 15.4. The molecule has 4 aliphatic carbocycles. The number of aliphatic imine (C=N–C) groups is 1. The van der Waals surface area contributed by atoms with Gasteiger partial charge in [-0.15, -0.1) is 28.6 Å². The van der Waals surface area contributed by atoms with Crippen LogP contribution in [-0.4, -0.2) is 61.3 Å². The Morgan fingerprint density at radius 1 is 1.11 bits per heavy atom. The maximum absolute atomic E-state index is 15.0. The van der Waals surface area contributed by atoms with Crippen molar-refractivity contribution in [1.29, 1.82) is 0 Å². The van der Waals surface area contributed by atoms with Gasteiger partial charge in [-0.05, 0) is 150 Å². The number of aromatic hydroxyl groups is 1. The number of carbonyl (C=O) groups is 1. The minimum Gasteiger partial charge on any atom is -0.508 e. The highest BCUT2D eigenvalue weighted by molar-refractivity contribution is 7.23. The van der Waals surface area contributed by atoms with Gasteiger partial charge in [0.05, 0.1) is 27.1 Å². The summed E-state index contributed by atoms with van der Waals surface area (Å²) in [6, 6.07) is 11.9. The third-order valence-corrected chi connectivity index (χ3v) is 15.2. The first-order valence-corrected chi connectivity index (χ1v) is 21.3. The summed E-state index contributed by atoms with van der Waals surface area (Å²) in [5.41, 5.74) is 8.96. The predicted octanol–water partition coefficient (Wildman–Crippen LogP) is 7.25. The molecule has 3 saturated carbocycles. The largest absolute Gasteiger partial charge is 0.508 e. The van der Waals surface area contributed by atoms with E-state index >= 15 is 0 Å². The lowest BCUT2D eigenvalue weighted by atomic mass is 9.58. The summed E-state index contributed by atoms with van der Waals surface area (Å²) in [6.07, 6.45) is 9.07. The summed E-state index contributed by atoms with van der Waals surface area (Å²) in [5, 5.41) is 31.5. The number of benzene rings is 1. The van der Waals surface area contributed by atoms with E-state index in [0.717, 1.165) is 81.4 Å². The molecule has 1 aromatic carbocycles. The van der Waals surface area contributed by atoms with Crippen molar-refractivity contribution in [3.8, 4) is 39.2 Å². The topological polar surface area (TPSA) is 132 Å². The number of nitrogens with zero attached hydrogens (tertiary/aromatic N) is 1. The monoisotopic (exact) mass is 765 g/mol. The number of hydrogen-bond donors (Lipinski definition) is 6. The number of phenolic OH excluding ortho intramolecular Hbond substituents is 1. The molecule has 2 spiro atoms. The van der Waals surface area contributed by atoms with Crippen LogP contribution in [0.3, 0.4) is 0 Å². The van der Waals surface area contributed by atoms with E-state index in [2.05, 4.69) is 75.9 Å². The van der Waals surface area contributed by atoms with Gasteiger partial charge in [0.15, 0.2) is 11.7 Å². The van der Waals surface area contributed by atoms with Crippen molar-refractivity contribution >= 4 is 40.1 Å². The van der Waals surface area contributed by atoms with Crippen molar-refractivity contribution in [3.63, 3.8) is 0 Å². The smallest absolute Gasteiger partial charge is 0.188 e. The minimum atomic E-state index is -0.556. The molecule has 0 amide bonds. The van der Waals surface area contributed by atoms with Crippen LogP contribution in [0.25, 0.3) is 9.75 Å². The summed E-state index contributed by atoms with van der Waals surface area (Å²) in [7, 11) is 3.76. The van der Waals surface area contributed by atoms with Gasteiger partial charge in [0.2, 0.25) is 0 Å². The molecule has 2 aromatic heterocycles. The van der Waals surface area contributed by atoms with Gasteiger partial charge in [-0.3, -0.25) is 9.79 Å². The number of Topliss-reactive ketones (excluding diaryl/α,β-unsaturated/α-hetero) is 1. The standard InChI is InChI=1S/C44H55N5O3S2/c1-5-7-33-11-13-38(53-33)39-14-15-40(54-39)41(52)35-12-10-29-22-44(35)23-31(43(26-44)17-16-28(21-43)25-46-3)8-6-9-34-30(19-36(29)49-42(45)47-4)18-32(51)20-37(34)48-24-27(2)50/h11,13-15,18,20,27-29,31,35-36,46,48,50-51H,8,10,12,16-17,19,21-26H2,1-4H3,(H3,45,47,49). The molecule has 8 nitrogen and oxygen atoms in total. The van der Waals surface area contributed by atoms with E-state index in [4.69, 9.17) is 5.73 Å². The number of nitrogens with two attached hydrogens (primary N) is 1. The molecule has 2 heterocycles. The van der Waals surface area contributed by atoms with Gasteiger partial charge in [0.1, 0.15) is 5.75 Å². The first-order valence-electron chi connectivity index (χ1n) is 19.6. The molecule has 0 saturated heterocycles. The molecule has 0 aliphatic heterocycles. The van der Waals surface area contributed by atoms with E-state index < -0.39 is 6.10 Å². The summed E-state index contributed by atoms with van der Waals surface area (Å²) < 4.78 is 0. The summed E-state index contributed by atoms with van der Waals surface area (Å²) in [6.45, 7) is 4.97. The summed E-state index contributed by atoms with van der Waals surface area (Å²) >= 11 is 3.31. The normalized spacial score (nSPS) is 29.5. The third kappa shape index (κ3) is 7.82. The fraction of sp³-hybridized carbons (Fsp3) is 0.545. The van der Waals surface area contributed by atoms with Crippen LogP contribution in [0.4, 0.5) is 5.69 Å². The molecule has 286 valence electrons. The number of rotatable bonds is 9. The van der Waals surface area contributed by atoms with E-state index in [1.807, 2.05) is 13.0 Å². The molecular weight excluding hydrogens is 711 g/mol. The van der Waals surface area contributed by atoms with Gasteiger partial charge in [-0.1, -0.05) is 17.8 Å². The van der Waals surface area contributed by atoms with Crippen molar-refractivity contribution < 1.29 is 15.0 Å². The van der Waals surface area contributed by atoms with E-state index in [1.165, 1.54) is 19.3 Å². The molecule has 0 radical (unpaired) electrons. The quantitative estimate of drug-likeness (QED) is 0.0586. The lowest BCUT2D eigenvalue weighted by Crippen LogP contribution is -2.50. The molecule has 10 heteroatoms. The van der Waals surface area contributed by atoms with Crippen LogP contribution in [0, 0.1) is 58.2 Å². The molecule has 7 rings (SSSR count). The van der Waals surface area contributed by atoms with Crippen molar-refractivity contribution in [3.05, 3.63) is 57.3 Å². The zero-order valence-corrected chi connectivity index (χ0v) is 33.7. The number of aliphatic hydroxyl groups excluding tert-OH is 1. The minimum absolute atomic E-state index is 0.0586. The molecule has 8 unspecified atom stereocenters. The van der Waals surface area contributed by atoms with Crippen LogP contribution in [0.1, 0.15) is 97.3 Å². The highest BCUT2D eigenvalue weighted by Gasteiger charge is 2.61. The molecule has 3 aromatic rings. The van der Waals surface area contributed by atoms with Gasteiger partial charge < -0.3 is 31.9 Å². The lowest BCUT2D eigenvalue weighted by molar-refractivity contribution is 0.0336. The summed E-state index contributed by atoms with van der Waals surface area (Å²) in [4.78, 5) is 23.5. The van der Waals surface area contributed by atoms with Crippen LogP contribution < -0.4 is 21.7 Å². The molecule has 3 fully saturated rings. The Kier molecular flexibility index (Phi) is 11.5. The van der Waals surface area contributed by atoms with Gasteiger partial charge in [-0.25, -0.2) is 0 Å². The Labute approximate surface area is 328 Å². The van der Waals surface area contributed by atoms with E-state index in [9.17, 15) is 15.0 Å².